The van der Waals surface area contributed by atoms with E-state index in [0.29, 0.717) is 23.7 Å². The van der Waals surface area contributed by atoms with Gasteiger partial charge in [-0.15, -0.1) is 0 Å². The van der Waals surface area contributed by atoms with E-state index >= 15 is 0 Å². The highest BCUT2D eigenvalue weighted by atomic mass is 19.3. The number of benzene rings is 7. The molecule has 0 heterocycles. The molecule has 0 atom stereocenters. The minimum Gasteiger partial charge on any atom is -0.493 e. The summed E-state index contributed by atoms with van der Waals surface area (Å²) in [6.45, 7) is 63.6. The van der Waals surface area contributed by atoms with Crippen LogP contribution in [-0.2, 0) is 37.9 Å². The second-order valence-corrected chi connectivity index (χ2v) is 37.5. The molecule has 9 rings (SSSR count). The number of halogens is 2. The van der Waals surface area contributed by atoms with Crippen LogP contribution in [0.4, 0.5) is 8.78 Å². The zero-order chi connectivity index (χ0) is 77.8. The zero-order valence-corrected chi connectivity index (χ0v) is 69.5. The van der Waals surface area contributed by atoms with Crippen LogP contribution in [0.3, 0.4) is 0 Å². The Morgan fingerprint density at radius 3 is 0.738 bits per heavy atom. The highest BCUT2D eigenvalue weighted by Gasteiger charge is 2.24. The van der Waals surface area contributed by atoms with Crippen LogP contribution in [0.1, 0.15) is 265 Å². The van der Waals surface area contributed by atoms with Crippen molar-refractivity contribution in [3.05, 3.63) is 215 Å². The first kappa shape index (κ1) is 90.4. The number of rotatable bonds is 17. The van der Waals surface area contributed by atoms with E-state index in [9.17, 15) is 13.9 Å². The summed E-state index contributed by atoms with van der Waals surface area (Å²) < 4.78 is 56.9. The maximum Gasteiger partial charge on any atom is 0.272 e. The van der Waals surface area contributed by atoms with Crippen molar-refractivity contribution in [3.63, 3.8) is 0 Å². The summed E-state index contributed by atoms with van der Waals surface area (Å²) in [6, 6.07) is 59.7. The molecule has 1 N–H and O–H groups in total. The Morgan fingerprint density at radius 1 is 0.301 bits per heavy atom. The maximum atomic E-state index is 11.9. The van der Waals surface area contributed by atoms with Crippen molar-refractivity contribution >= 4 is 0 Å². The number of ether oxygens (including phenoxy) is 6. The molecule has 7 aromatic carbocycles. The molecule has 0 unspecified atom stereocenters. The molecule has 0 saturated heterocycles. The second-order valence-electron chi connectivity index (χ2n) is 37.5. The fourth-order valence-electron chi connectivity index (χ4n) is 9.60. The van der Waals surface area contributed by atoms with Crippen LogP contribution >= 0.6 is 0 Å². The van der Waals surface area contributed by atoms with E-state index in [1.165, 1.54) is 65.5 Å². The lowest BCUT2D eigenvalue weighted by molar-refractivity contribution is 0.0284. The van der Waals surface area contributed by atoms with Gasteiger partial charge in [-0.05, 0) is 212 Å². The van der Waals surface area contributed by atoms with E-state index in [1.807, 2.05) is 24.3 Å². The summed E-state index contributed by atoms with van der Waals surface area (Å²) in [4.78, 5) is 0. The summed E-state index contributed by atoms with van der Waals surface area (Å²) in [6.07, 6.45) is 4.35. The van der Waals surface area contributed by atoms with Crippen LogP contribution in [-0.4, -0.2) is 56.8 Å². The molecule has 103 heavy (non-hydrogen) atoms. The summed E-state index contributed by atoms with van der Waals surface area (Å²) >= 11 is 0. The number of alkyl halides is 2. The summed E-state index contributed by atoms with van der Waals surface area (Å²) in [5, 5.41) is 9.54. The standard InChI is InChI=1S/C15H22O.C15H24O.C14H22O2.C14H20O.C14H22O.C12H16F2O.C10H14/c1-15(2,3)13-7-9-14(10-8-13)16-11-12-5-4-6-12;1-14(2,3)11-16-13-9-7-12(8-10-13)15(4,5)6;1-13(2,3)11-6-8-12(9-7-11)16-10-14(4,5)15;1-14(2,3)12-6-8-13(9-7-12)15-10-11-4-5-11;1-11(2)10-15-13-8-6-12(7-9-13)14(3,4)5;1-12(2,3)9-4-6-10(7-5-9)15-8-11(13)14;1-10(2,3)9-7-5-4-6-8-9/h7-10,12H,4-6,11H2,1-3H3;7-10H,11H2,1-6H3;6-9,15H,10H2,1-5H3;6-9,11H,4-5,10H2,1-3H3;6-9,11H,10H2,1-5H3;4-7,11H,8H2,1-3H3;4-8H,1-3H3. The Balaban J connectivity index is 0.000000313. The fraction of sp³-hybridized carbons (Fsp3) is 0.553. The van der Waals surface area contributed by atoms with Crippen LogP contribution in [0.2, 0.25) is 0 Å². The van der Waals surface area contributed by atoms with E-state index in [-0.39, 0.29) is 37.9 Å². The SMILES string of the molecule is CC(C)(C)COc1ccc(C(C)(C)C)cc1.CC(C)(C)c1ccc(OCC(F)F)cc1.CC(C)(C)c1ccc(OCC2CC2)cc1.CC(C)(C)c1ccc(OCC2CCC2)cc1.CC(C)(C)c1ccccc1.CC(C)(O)COc1ccc(C(C)(C)C)cc1.CC(C)COc1ccc(C(C)(C)C)cc1. The molecular weight excluding hydrogens is 1280 g/mol. The van der Waals surface area contributed by atoms with Crippen LogP contribution < -0.4 is 28.4 Å². The first-order valence-corrected chi connectivity index (χ1v) is 37.8. The molecule has 2 aliphatic carbocycles. The molecule has 0 amide bonds. The van der Waals surface area contributed by atoms with Gasteiger partial charge in [0, 0.05) is 0 Å². The predicted molar refractivity (Wildman–Crippen MR) is 436 cm³/mol. The lowest BCUT2D eigenvalue weighted by Crippen LogP contribution is -2.27. The molecule has 0 aromatic heterocycles. The Hall–Kier alpha value is -6.84. The van der Waals surface area contributed by atoms with Gasteiger partial charge in [0.05, 0.1) is 32.0 Å². The number of hydrogen-bond donors (Lipinski definition) is 1. The molecule has 0 spiro atoms. The topological polar surface area (TPSA) is 75.6 Å². The van der Waals surface area contributed by atoms with Gasteiger partial charge in [0.15, 0.2) is 0 Å². The smallest absolute Gasteiger partial charge is 0.272 e. The number of hydrogen-bond acceptors (Lipinski definition) is 7. The van der Waals surface area contributed by atoms with Gasteiger partial charge in [-0.2, -0.15) is 0 Å². The molecule has 2 aliphatic rings. The predicted octanol–water partition coefficient (Wildman–Crippen LogP) is 26.1. The quantitative estimate of drug-likeness (QED) is 0.0973. The fourth-order valence-corrected chi connectivity index (χ4v) is 9.60. The van der Waals surface area contributed by atoms with Gasteiger partial charge < -0.3 is 33.5 Å². The van der Waals surface area contributed by atoms with Crippen molar-refractivity contribution in [2.24, 2.45) is 23.2 Å². The van der Waals surface area contributed by atoms with Crippen molar-refractivity contribution < 1.29 is 42.3 Å². The minimum absolute atomic E-state index is 0.0707. The van der Waals surface area contributed by atoms with E-state index in [4.69, 9.17) is 28.4 Å². The molecule has 0 radical (unpaired) electrons. The average Bonchev–Trinajstić information content (AvgIpc) is 1.63. The average molecular weight is 1420 g/mol. The van der Waals surface area contributed by atoms with Crippen molar-refractivity contribution in [2.45, 2.75) is 276 Å². The Bertz CT molecular complexity index is 3160. The van der Waals surface area contributed by atoms with Crippen molar-refractivity contribution in [3.8, 4) is 34.5 Å². The zero-order valence-electron chi connectivity index (χ0n) is 69.5. The van der Waals surface area contributed by atoms with E-state index in [0.717, 1.165) is 72.6 Å². The lowest BCUT2D eigenvalue weighted by Gasteiger charge is -2.25. The Morgan fingerprint density at radius 2 is 0.534 bits per heavy atom. The second kappa shape index (κ2) is 40.6. The van der Waals surface area contributed by atoms with E-state index in [2.05, 4.69) is 320 Å². The van der Waals surface area contributed by atoms with Crippen LogP contribution in [0.15, 0.2) is 176 Å². The first-order chi connectivity index (χ1) is 47.4. The Kier molecular flexibility index (Phi) is 35.6. The molecule has 0 bridgehead atoms. The van der Waals surface area contributed by atoms with Gasteiger partial charge >= 0.3 is 0 Å². The Labute approximate surface area is 627 Å². The van der Waals surface area contributed by atoms with Gasteiger partial charge in [0.2, 0.25) is 0 Å². The van der Waals surface area contributed by atoms with Gasteiger partial charge in [0.25, 0.3) is 6.43 Å². The van der Waals surface area contributed by atoms with Gasteiger partial charge in [-0.1, -0.05) is 290 Å². The largest absolute Gasteiger partial charge is 0.493 e. The summed E-state index contributed by atoms with van der Waals surface area (Å²) in [5.74, 6) is 7.45. The van der Waals surface area contributed by atoms with Gasteiger partial charge in [-0.25, -0.2) is 8.78 Å². The normalized spacial score (nSPS) is 13.5. The molecule has 2 fully saturated rings. The highest BCUT2D eigenvalue weighted by Crippen LogP contribution is 2.33. The third-order valence-electron chi connectivity index (χ3n) is 17.1. The molecular formula is C94H140F2O7. The van der Waals surface area contributed by atoms with Crippen LogP contribution in [0.5, 0.6) is 34.5 Å². The van der Waals surface area contributed by atoms with Gasteiger partial charge in [-0.3, -0.25) is 0 Å². The van der Waals surface area contributed by atoms with Gasteiger partial charge in [0.1, 0.15) is 47.7 Å². The molecule has 0 aliphatic heterocycles. The first-order valence-electron chi connectivity index (χ1n) is 37.8. The molecule has 2 saturated carbocycles. The summed E-state index contributed by atoms with van der Waals surface area (Å²) in [5.41, 5.74) is 10.1. The third-order valence-corrected chi connectivity index (χ3v) is 17.1. The lowest BCUT2D eigenvalue weighted by atomic mass is 9.86. The summed E-state index contributed by atoms with van der Waals surface area (Å²) in [7, 11) is 0. The van der Waals surface area contributed by atoms with E-state index in [1.54, 1.807) is 26.0 Å². The van der Waals surface area contributed by atoms with Crippen molar-refractivity contribution in [2.75, 3.05) is 39.6 Å². The van der Waals surface area contributed by atoms with Crippen LogP contribution in [0.25, 0.3) is 0 Å². The molecule has 7 aromatic rings. The number of aliphatic hydroxyl groups is 1. The molecule has 9 heteroatoms. The molecule has 572 valence electrons. The molecule has 7 nitrogen and oxygen atoms in total. The van der Waals surface area contributed by atoms with E-state index < -0.39 is 18.6 Å². The monoisotopic (exact) mass is 1420 g/mol. The highest BCUT2D eigenvalue weighted by molar-refractivity contribution is 5.36. The minimum atomic E-state index is -2.42. The van der Waals surface area contributed by atoms with Crippen molar-refractivity contribution in [1.29, 1.82) is 0 Å². The third kappa shape index (κ3) is 39.7. The maximum absolute atomic E-state index is 11.9. The van der Waals surface area contributed by atoms with Crippen LogP contribution in [0, 0.1) is 23.2 Å². The van der Waals surface area contributed by atoms with Crippen molar-refractivity contribution in [1.82, 2.24) is 0 Å².